The average Bonchev–Trinajstić information content (AvgIpc) is 2.42. The Morgan fingerprint density at radius 3 is 2.43 bits per heavy atom. The molecular formula is C15H24Cl3FN2. The molecule has 1 aliphatic heterocycles. The Balaban J connectivity index is 0.00000200. The molecule has 21 heavy (non-hydrogen) atoms. The van der Waals surface area contributed by atoms with Crippen molar-refractivity contribution in [2.75, 3.05) is 26.2 Å². The molecule has 0 aliphatic carbocycles. The molecular weight excluding hydrogens is 334 g/mol. The van der Waals surface area contributed by atoms with E-state index in [4.69, 9.17) is 11.6 Å². The van der Waals surface area contributed by atoms with Crippen molar-refractivity contribution in [2.24, 2.45) is 5.92 Å². The quantitative estimate of drug-likeness (QED) is 0.863. The van der Waals surface area contributed by atoms with Crippen molar-refractivity contribution in [3.05, 3.63) is 34.6 Å². The number of hydrogen-bond acceptors (Lipinski definition) is 2. The van der Waals surface area contributed by atoms with E-state index < -0.39 is 0 Å². The highest BCUT2D eigenvalue weighted by Gasteiger charge is 2.28. The molecule has 2 nitrogen and oxygen atoms in total. The van der Waals surface area contributed by atoms with Crippen molar-refractivity contribution < 1.29 is 4.39 Å². The standard InChI is InChI=1S/C15H22ClFN2.2ClH/c1-3-11(2)15(19-8-6-18-7-9-19)13-5-4-12(17)10-14(13)16;;/h4-5,10-11,15,18H,3,6-9H2,1-2H3;2*1H/t11?,15-;;/m1../s1. The van der Waals surface area contributed by atoms with E-state index in [1.807, 2.05) is 6.07 Å². The van der Waals surface area contributed by atoms with Gasteiger partial charge in [-0.2, -0.15) is 0 Å². The summed E-state index contributed by atoms with van der Waals surface area (Å²) in [5, 5.41) is 3.91. The number of piperazine rings is 1. The summed E-state index contributed by atoms with van der Waals surface area (Å²) >= 11 is 6.26. The molecule has 1 aliphatic rings. The van der Waals surface area contributed by atoms with Gasteiger partial charge < -0.3 is 5.32 Å². The molecule has 1 saturated heterocycles. The van der Waals surface area contributed by atoms with E-state index in [2.05, 4.69) is 24.1 Å². The third-order valence-electron chi connectivity index (χ3n) is 4.01. The molecule has 1 aromatic rings. The molecule has 0 bridgehead atoms. The Hall–Kier alpha value is -0.0600. The molecule has 0 radical (unpaired) electrons. The maximum Gasteiger partial charge on any atom is 0.124 e. The first-order chi connectivity index (χ1) is 9.13. The Bertz CT molecular complexity index is 425. The van der Waals surface area contributed by atoms with Gasteiger partial charge in [0.1, 0.15) is 5.82 Å². The van der Waals surface area contributed by atoms with Gasteiger partial charge in [0.25, 0.3) is 0 Å². The predicted octanol–water partition coefficient (Wildman–Crippen LogP) is 4.32. The van der Waals surface area contributed by atoms with Gasteiger partial charge >= 0.3 is 0 Å². The summed E-state index contributed by atoms with van der Waals surface area (Å²) in [6.45, 7) is 8.48. The van der Waals surface area contributed by atoms with E-state index in [1.165, 1.54) is 12.1 Å². The highest BCUT2D eigenvalue weighted by molar-refractivity contribution is 6.31. The van der Waals surface area contributed by atoms with Crippen molar-refractivity contribution in [2.45, 2.75) is 26.3 Å². The maximum absolute atomic E-state index is 13.2. The van der Waals surface area contributed by atoms with Crippen molar-refractivity contribution in [3.63, 3.8) is 0 Å². The lowest BCUT2D eigenvalue weighted by Gasteiger charge is -2.38. The molecule has 2 rings (SSSR count). The molecule has 1 unspecified atom stereocenters. The number of benzene rings is 1. The van der Waals surface area contributed by atoms with Gasteiger partial charge in [0.2, 0.25) is 0 Å². The Kier molecular flexibility index (Phi) is 9.83. The monoisotopic (exact) mass is 356 g/mol. The van der Waals surface area contributed by atoms with Crippen LogP contribution in [0.5, 0.6) is 0 Å². The molecule has 0 aromatic heterocycles. The van der Waals surface area contributed by atoms with E-state index >= 15 is 0 Å². The molecule has 6 heteroatoms. The summed E-state index contributed by atoms with van der Waals surface area (Å²) in [5.41, 5.74) is 1.05. The Morgan fingerprint density at radius 2 is 1.90 bits per heavy atom. The van der Waals surface area contributed by atoms with Crippen LogP contribution in [0.3, 0.4) is 0 Å². The zero-order chi connectivity index (χ0) is 13.8. The fourth-order valence-electron chi connectivity index (χ4n) is 2.79. The predicted molar refractivity (Wildman–Crippen MR) is 92.5 cm³/mol. The van der Waals surface area contributed by atoms with Gasteiger partial charge in [-0.25, -0.2) is 4.39 Å². The summed E-state index contributed by atoms with van der Waals surface area (Å²) < 4.78 is 13.2. The highest BCUT2D eigenvalue weighted by Crippen LogP contribution is 2.35. The van der Waals surface area contributed by atoms with E-state index in [1.54, 1.807) is 0 Å². The van der Waals surface area contributed by atoms with Crippen LogP contribution in [-0.2, 0) is 0 Å². The van der Waals surface area contributed by atoms with Crippen LogP contribution in [0.25, 0.3) is 0 Å². The van der Waals surface area contributed by atoms with Gasteiger partial charge in [0.05, 0.1) is 0 Å². The Labute approximate surface area is 144 Å². The van der Waals surface area contributed by atoms with Crippen molar-refractivity contribution in [1.82, 2.24) is 10.2 Å². The van der Waals surface area contributed by atoms with E-state index in [0.29, 0.717) is 10.9 Å². The summed E-state index contributed by atoms with van der Waals surface area (Å²) in [4.78, 5) is 2.46. The van der Waals surface area contributed by atoms with E-state index in [-0.39, 0.29) is 36.7 Å². The van der Waals surface area contributed by atoms with Crippen LogP contribution in [0.4, 0.5) is 4.39 Å². The van der Waals surface area contributed by atoms with E-state index in [9.17, 15) is 4.39 Å². The van der Waals surface area contributed by atoms with Crippen LogP contribution in [0.2, 0.25) is 5.02 Å². The van der Waals surface area contributed by atoms with Crippen LogP contribution >= 0.6 is 36.4 Å². The number of nitrogens with zero attached hydrogens (tertiary/aromatic N) is 1. The molecule has 1 aromatic carbocycles. The zero-order valence-electron chi connectivity index (χ0n) is 12.4. The second-order valence-corrected chi connectivity index (χ2v) is 5.69. The molecule has 1 fully saturated rings. The van der Waals surface area contributed by atoms with Gasteiger partial charge in [0.15, 0.2) is 0 Å². The highest BCUT2D eigenvalue weighted by atomic mass is 35.5. The number of hydrogen-bond donors (Lipinski definition) is 1. The number of nitrogens with one attached hydrogen (secondary N) is 1. The van der Waals surface area contributed by atoms with Crippen LogP contribution in [0.1, 0.15) is 31.9 Å². The molecule has 122 valence electrons. The summed E-state index contributed by atoms with van der Waals surface area (Å²) in [6.07, 6.45) is 1.09. The lowest BCUT2D eigenvalue weighted by molar-refractivity contribution is 0.128. The largest absolute Gasteiger partial charge is 0.314 e. The van der Waals surface area contributed by atoms with Gasteiger partial charge in [-0.05, 0) is 23.6 Å². The summed E-state index contributed by atoms with van der Waals surface area (Å²) in [6, 6.07) is 5.06. The number of rotatable bonds is 4. The fourth-order valence-corrected chi connectivity index (χ4v) is 3.07. The summed E-state index contributed by atoms with van der Waals surface area (Å²) in [7, 11) is 0. The first-order valence-electron chi connectivity index (χ1n) is 7.03. The molecule has 2 atom stereocenters. The van der Waals surface area contributed by atoms with Gasteiger partial charge in [-0.1, -0.05) is 37.9 Å². The molecule has 0 spiro atoms. The minimum atomic E-state index is -0.267. The third kappa shape index (κ3) is 5.26. The minimum Gasteiger partial charge on any atom is -0.314 e. The fraction of sp³-hybridized carbons (Fsp3) is 0.600. The number of halogens is 4. The maximum atomic E-state index is 13.2. The smallest absolute Gasteiger partial charge is 0.124 e. The molecule has 1 N–H and O–H groups in total. The van der Waals surface area contributed by atoms with Gasteiger partial charge in [-0.15, -0.1) is 24.8 Å². The molecule has 0 amide bonds. The lowest BCUT2D eigenvalue weighted by atomic mass is 9.90. The zero-order valence-corrected chi connectivity index (χ0v) is 14.8. The molecule has 1 heterocycles. The van der Waals surface area contributed by atoms with Crippen molar-refractivity contribution in [3.8, 4) is 0 Å². The lowest BCUT2D eigenvalue weighted by Crippen LogP contribution is -2.46. The van der Waals surface area contributed by atoms with Crippen LogP contribution < -0.4 is 5.32 Å². The first kappa shape index (κ1) is 20.9. The topological polar surface area (TPSA) is 15.3 Å². The minimum absolute atomic E-state index is 0. The van der Waals surface area contributed by atoms with Crippen molar-refractivity contribution in [1.29, 1.82) is 0 Å². The average molecular weight is 358 g/mol. The van der Waals surface area contributed by atoms with Gasteiger partial charge in [0, 0.05) is 37.2 Å². The normalized spacial score (nSPS) is 18.3. The first-order valence-corrected chi connectivity index (χ1v) is 7.41. The SMILES string of the molecule is CCC(C)[C@H](c1ccc(F)cc1Cl)N1CCNCC1.Cl.Cl. The van der Waals surface area contributed by atoms with Gasteiger partial charge in [-0.3, -0.25) is 4.90 Å². The summed E-state index contributed by atoms with van der Waals surface area (Å²) in [5.74, 6) is 0.234. The van der Waals surface area contributed by atoms with Crippen LogP contribution in [0, 0.1) is 11.7 Å². The van der Waals surface area contributed by atoms with Crippen LogP contribution in [0.15, 0.2) is 18.2 Å². The second kappa shape index (κ2) is 9.86. The van der Waals surface area contributed by atoms with Crippen molar-refractivity contribution >= 4 is 36.4 Å². The molecule has 0 saturated carbocycles. The third-order valence-corrected chi connectivity index (χ3v) is 4.34. The van der Waals surface area contributed by atoms with E-state index in [0.717, 1.165) is 38.2 Å². The Morgan fingerprint density at radius 1 is 1.29 bits per heavy atom. The second-order valence-electron chi connectivity index (χ2n) is 5.28. The van der Waals surface area contributed by atoms with Crippen LogP contribution in [-0.4, -0.2) is 31.1 Å².